The first kappa shape index (κ1) is 22.9. The van der Waals surface area contributed by atoms with Crippen molar-refractivity contribution in [3.63, 3.8) is 0 Å². The molecule has 8 heteroatoms. The summed E-state index contributed by atoms with van der Waals surface area (Å²) in [5.74, 6) is 0. The summed E-state index contributed by atoms with van der Waals surface area (Å²) in [6, 6.07) is 13.0. The Labute approximate surface area is 170 Å². The second-order valence-electron chi connectivity index (χ2n) is 6.36. The van der Waals surface area contributed by atoms with Gasteiger partial charge in [0, 0.05) is 17.5 Å². The van der Waals surface area contributed by atoms with E-state index in [0.717, 1.165) is 23.0 Å². The number of benzene rings is 2. The van der Waals surface area contributed by atoms with Crippen LogP contribution in [0.1, 0.15) is 27.2 Å². The molecule has 0 aliphatic carbocycles. The van der Waals surface area contributed by atoms with Gasteiger partial charge in [0.25, 0.3) is 5.69 Å². The summed E-state index contributed by atoms with van der Waals surface area (Å²) >= 11 is 0. The van der Waals surface area contributed by atoms with E-state index in [1.54, 1.807) is 6.07 Å². The van der Waals surface area contributed by atoms with Crippen LogP contribution in [0.15, 0.2) is 42.5 Å². The first-order chi connectivity index (χ1) is 12.0. The lowest BCUT2D eigenvalue weighted by Gasteiger charge is -2.24. The predicted molar refractivity (Wildman–Crippen MR) is 116 cm³/mol. The number of fused-ring (bicyclic) bond motifs is 2. The molecule has 1 aromatic heterocycles. The average Bonchev–Trinajstić information content (AvgIpc) is 2.59. The Balaban J connectivity index is 0.00000182. The molecule has 0 saturated heterocycles. The van der Waals surface area contributed by atoms with Crippen molar-refractivity contribution in [1.82, 2.24) is 10.3 Å². The maximum atomic E-state index is 11.6. The fourth-order valence-electron chi connectivity index (χ4n) is 3.06. The Hall–Kier alpha value is -2.15. The molecule has 0 amide bonds. The Morgan fingerprint density at radius 3 is 2.37 bits per heavy atom. The fourth-order valence-corrected chi connectivity index (χ4v) is 3.06. The zero-order chi connectivity index (χ0) is 18.0. The Bertz CT molecular complexity index is 934. The van der Waals surface area contributed by atoms with Gasteiger partial charge >= 0.3 is 0 Å². The molecule has 0 fully saturated rings. The molecule has 6 nitrogen and oxygen atoms in total. The number of anilines is 1. The van der Waals surface area contributed by atoms with Crippen molar-refractivity contribution >= 4 is 58.0 Å². The van der Waals surface area contributed by atoms with Gasteiger partial charge in [0.05, 0.1) is 27.8 Å². The van der Waals surface area contributed by atoms with Crippen LogP contribution in [0.2, 0.25) is 0 Å². The SMILES string of the molecule is CCC(Nc1c2ccccc2nc2cccc([N+](=O)[O-])c12)NC(C)C.Cl.Cl. The highest BCUT2D eigenvalue weighted by Gasteiger charge is 2.20. The van der Waals surface area contributed by atoms with E-state index in [4.69, 9.17) is 0 Å². The highest BCUT2D eigenvalue weighted by Crippen LogP contribution is 2.36. The highest BCUT2D eigenvalue weighted by molar-refractivity contribution is 6.11. The minimum Gasteiger partial charge on any atom is -0.369 e. The molecule has 0 bridgehead atoms. The van der Waals surface area contributed by atoms with E-state index in [1.165, 1.54) is 6.07 Å². The number of rotatable bonds is 6. The molecule has 0 saturated carbocycles. The van der Waals surface area contributed by atoms with Crippen LogP contribution < -0.4 is 10.6 Å². The number of nitro benzene ring substituents is 1. The molecule has 0 aliphatic heterocycles. The summed E-state index contributed by atoms with van der Waals surface area (Å²) in [7, 11) is 0. The van der Waals surface area contributed by atoms with Crippen LogP contribution in [0.4, 0.5) is 11.4 Å². The number of hydrogen-bond acceptors (Lipinski definition) is 5. The summed E-state index contributed by atoms with van der Waals surface area (Å²) in [4.78, 5) is 15.8. The van der Waals surface area contributed by atoms with Gasteiger partial charge in [0.2, 0.25) is 0 Å². The summed E-state index contributed by atoms with van der Waals surface area (Å²) in [5.41, 5.74) is 2.26. The van der Waals surface area contributed by atoms with E-state index < -0.39 is 0 Å². The van der Waals surface area contributed by atoms with Crippen molar-refractivity contribution in [3.8, 4) is 0 Å². The molecule has 2 aromatic carbocycles. The van der Waals surface area contributed by atoms with Gasteiger partial charge in [0.1, 0.15) is 5.39 Å². The number of nitrogens with one attached hydrogen (secondary N) is 2. The third-order valence-electron chi connectivity index (χ3n) is 4.14. The Morgan fingerprint density at radius 2 is 1.74 bits per heavy atom. The summed E-state index contributed by atoms with van der Waals surface area (Å²) in [6.07, 6.45) is 0.852. The summed E-state index contributed by atoms with van der Waals surface area (Å²) < 4.78 is 0. The first-order valence-corrected chi connectivity index (χ1v) is 8.49. The van der Waals surface area contributed by atoms with E-state index in [2.05, 4.69) is 36.4 Å². The lowest BCUT2D eigenvalue weighted by atomic mass is 10.1. The van der Waals surface area contributed by atoms with E-state index in [0.29, 0.717) is 16.9 Å². The average molecular weight is 411 g/mol. The van der Waals surface area contributed by atoms with Crippen molar-refractivity contribution in [3.05, 3.63) is 52.6 Å². The minimum atomic E-state index is -0.346. The van der Waals surface area contributed by atoms with Crippen LogP contribution in [-0.4, -0.2) is 22.1 Å². The number of nitrogens with zero attached hydrogens (tertiary/aromatic N) is 2. The quantitative estimate of drug-likeness (QED) is 0.250. The largest absolute Gasteiger partial charge is 0.369 e. The minimum absolute atomic E-state index is 0. The number of para-hydroxylation sites is 1. The molecular weight excluding hydrogens is 387 g/mol. The molecule has 2 N–H and O–H groups in total. The van der Waals surface area contributed by atoms with Gasteiger partial charge in [-0.05, 0) is 32.4 Å². The van der Waals surface area contributed by atoms with Gasteiger partial charge in [-0.1, -0.05) is 31.2 Å². The van der Waals surface area contributed by atoms with Gasteiger partial charge in [-0.3, -0.25) is 15.4 Å². The van der Waals surface area contributed by atoms with Crippen LogP contribution >= 0.6 is 24.8 Å². The Morgan fingerprint density at radius 1 is 1.07 bits per heavy atom. The molecule has 1 unspecified atom stereocenters. The number of aromatic nitrogens is 1. The molecule has 1 heterocycles. The number of pyridine rings is 1. The molecule has 3 aromatic rings. The van der Waals surface area contributed by atoms with Gasteiger partial charge in [-0.2, -0.15) is 0 Å². The van der Waals surface area contributed by atoms with Crippen LogP contribution in [0.3, 0.4) is 0 Å². The zero-order valence-corrected chi connectivity index (χ0v) is 17.1. The third-order valence-corrected chi connectivity index (χ3v) is 4.14. The third kappa shape index (κ3) is 4.77. The van der Waals surface area contributed by atoms with E-state index in [9.17, 15) is 10.1 Å². The number of halogens is 2. The second kappa shape index (κ2) is 9.69. The van der Waals surface area contributed by atoms with Crippen LogP contribution in [0.5, 0.6) is 0 Å². The lowest BCUT2D eigenvalue weighted by Crippen LogP contribution is -2.40. The van der Waals surface area contributed by atoms with Crippen LogP contribution in [-0.2, 0) is 0 Å². The summed E-state index contributed by atoms with van der Waals surface area (Å²) in [6.45, 7) is 6.23. The van der Waals surface area contributed by atoms with Crippen molar-refractivity contribution in [2.24, 2.45) is 0 Å². The second-order valence-corrected chi connectivity index (χ2v) is 6.36. The maximum absolute atomic E-state index is 11.6. The predicted octanol–water partition coefficient (Wildman–Crippen LogP) is 5.29. The smallest absolute Gasteiger partial charge is 0.280 e. The zero-order valence-electron chi connectivity index (χ0n) is 15.4. The number of hydrogen-bond donors (Lipinski definition) is 2. The Kier molecular flexibility index (Phi) is 8.21. The topological polar surface area (TPSA) is 80.1 Å². The molecular formula is C19H24Cl2N4O2. The van der Waals surface area contributed by atoms with Gasteiger partial charge in [-0.15, -0.1) is 24.8 Å². The first-order valence-electron chi connectivity index (χ1n) is 8.49. The molecule has 0 spiro atoms. The fraction of sp³-hybridized carbons (Fsp3) is 0.316. The molecule has 0 aliphatic rings. The standard InChI is InChI=1S/C19H22N4O2.2ClH/c1-4-17(20-12(2)3)22-19-13-8-5-6-9-14(13)21-15-10-7-11-16(18(15)19)23(24)25;;/h5-12,17,20H,4H2,1-3H3,(H,21,22);2*1H. The van der Waals surface area contributed by atoms with Gasteiger partial charge in [-0.25, -0.2) is 4.98 Å². The molecule has 1 atom stereocenters. The highest BCUT2D eigenvalue weighted by atomic mass is 35.5. The van der Waals surface area contributed by atoms with Crippen molar-refractivity contribution < 1.29 is 4.92 Å². The van der Waals surface area contributed by atoms with Crippen molar-refractivity contribution in [2.45, 2.75) is 39.4 Å². The normalized spacial score (nSPS) is 11.7. The summed E-state index contributed by atoms with van der Waals surface area (Å²) in [5, 5.41) is 19.9. The van der Waals surface area contributed by atoms with Crippen molar-refractivity contribution in [2.75, 3.05) is 5.32 Å². The number of nitro groups is 1. The maximum Gasteiger partial charge on any atom is 0.280 e. The lowest BCUT2D eigenvalue weighted by molar-refractivity contribution is -0.383. The van der Waals surface area contributed by atoms with Gasteiger partial charge in [0.15, 0.2) is 0 Å². The van der Waals surface area contributed by atoms with Crippen LogP contribution in [0.25, 0.3) is 21.8 Å². The van der Waals surface area contributed by atoms with Crippen LogP contribution in [0, 0.1) is 10.1 Å². The molecule has 146 valence electrons. The monoisotopic (exact) mass is 410 g/mol. The van der Waals surface area contributed by atoms with E-state index in [-0.39, 0.29) is 41.6 Å². The molecule has 27 heavy (non-hydrogen) atoms. The van der Waals surface area contributed by atoms with Crippen molar-refractivity contribution in [1.29, 1.82) is 0 Å². The molecule has 3 rings (SSSR count). The molecule has 0 radical (unpaired) electrons. The van der Waals surface area contributed by atoms with Gasteiger partial charge < -0.3 is 5.32 Å². The van der Waals surface area contributed by atoms with E-state index >= 15 is 0 Å². The number of non-ortho nitro benzene ring substituents is 1. The van der Waals surface area contributed by atoms with E-state index in [1.807, 2.05) is 30.3 Å².